The number of ether oxygens (including phenoxy) is 2. The Hall–Kier alpha value is -3.23. The maximum Gasteiger partial charge on any atom is 0.408 e. The first-order valence-electron chi connectivity index (χ1n) is 16.6. The summed E-state index contributed by atoms with van der Waals surface area (Å²) in [6.45, 7) is 11.8. The Bertz CT molecular complexity index is 1200. The molecule has 8 heteroatoms. The molecule has 0 saturated heterocycles. The monoisotopic (exact) mass is 623 g/mol. The Balaban J connectivity index is 2.29. The smallest absolute Gasteiger partial charge is 0.408 e. The van der Waals surface area contributed by atoms with E-state index in [9.17, 15) is 14.4 Å². The van der Waals surface area contributed by atoms with Crippen molar-refractivity contribution in [3.8, 4) is 11.1 Å². The van der Waals surface area contributed by atoms with E-state index in [1.54, 1.807) is 20.8 Å². The number of unbranched alkanes of at least 4 members (excludes halogenated alkanes) is 5. The fourth-order valence-corrected chi connectivity index (χ4v) is 5.51. The summed E-state index contributed by atoms with van der Waals surface area (Å²) in [5, 5.41) is 2.88. The predicted molar refractivity (Wildman–Crippen MR) is 182 cm³/mol. The zero-order valence-electron chi connectivity index (χ0n) is 28.5. The standard InChI is InChI=1S/C37H57N3O5/c1-36(2,3)44-33(41)24-14-9-7-8-13-20-30(29-22-17-21-28(31(29)26-39)27-18-11-10-12-19-27)34(42)32(23-15-16-25-38)40-35(43)45-37(4,5)6/h10-12,17-19,21-22,30,32H,7-9,13-16,20,23-26,38-39H2,1-6H3,(H,40,43)/t30?,32-/m0/s1. The van der Waals surface area contributed by atoms with Crippen molar-refractivity contribution in [3.05, 3.63) is 59.7 Å². The maximum atomic E-state index is 14.4. The maximum absolute atomic E-state index is 14.4. The molecule has 2 rings (SSSR count). The van der Waals surface area contributed by atoms with Crippen LogP contribution in [0.4, 0.5) is 4.79 Å². The van der Waals surface area contributed by atoms with Gasteiger partial charge in [0.2, 0.25) is 0 Å². The summed E-state index contributed by atoms with van der Waals surface area (Å²) in [5.41, 5.74) is 14.9. The van der Waals surface area contributed by atoms with Gasteiger partial charge in [0.25, 0.3) is 0 Å². The van der Waals surface area contributed by atoms with E-state index >= 15 is 0 Å². The Kier molecular flexibility index (Phi) is 15.7. The van der Waals surface area contributed by atoms with E-state index in [1.165, 1.54) is 0 Å². The largest absolute Gasteiger partial charge is 0.460 e. The lowest BCUT2D eigenvalue weighted by atomic mass is 9.80. The van der Waals surface area contributed by atoms with Crippen LogP contribution < -0.4 is 16.8 Å². The quantitative estimate of drug-likeness (QED) is 0.115. The van der Waals surface area contributed by atoms with Gasteiger partial charge in [-0.05, 0) is 102 Å². The van der Waals surface area contributed by atoms with Crippen LogP contribution in [-0.4, -0.2) is 41.6 Å². The molecule has 8 nitrogen and oxygen atoms in total. The van der Waals surface area contributed by atoms with Crippen molar-refractivity contribution in [2.24, 2.45) is 11.5 Å². The minimum atomic E-state index is -0.712. The highest BCUT2D eigenvalue weighted by Crippen LogP contribution is 2.34. The highest BCUT2D eigenvalue weighted by Gasteiger charge is 2.32. The first-order valence-corrected chi connectivity index (χ1v) is 16.6. The number of nitrogens with one attached hydrogen (secondary N) is 1. The van der Waals surface area contributed by atoms with Crippen LogP contribution in [0.2, 0.25) is 0 Å². The van der Waals surface area contributed by atoms with Crippen LogP contribution in [0.5, 0.6) is 0 Å². The van der Waals surface area contributed by atoms with Crippen molar-refractivity contribution in [2.45, 2.75) is 135 Å². The van der Waals surface area contributed by atoms with E-state index in [-0.39, 0.29) is 18.3 Å². The lowest BCUT2D eigenvalue weighted by Crippen LogP contribution is -2.45. The van der Waals surface area contributed by atoms with Gasteiger partial charge in [-0.25, -0.2) is 4.79 Å². The molecule has 0 aliphatic rings. The number of benzene rings is 2. The molecule has 0 radical (unpaired) electrons. The molecule has 2 aromatic carbocycles. The van der Waals surface area contributed by atoms with Gasteiger partial charge in [-0.15, -0.1) is 0 Å². The number of nitrogens with two attached hydrogens (primary N) is 2. The number of amides is 1. The second kappa shape index (κ2) is 18.7. The second-order valence-electron chi connectivity index (χ2n) is 13.8. The average Bonchev–Trinajstić information content (AvgIpc) is 2.96. The Morgan fingerprint density at radius 2 is 1.36 bits per heavy atom. The van der Waals surface area contributed by atoms with Crippen LogP contribution in [-0.2, 0) is 25.6 Å². The number of esters is 1. The first-order chi connectivity index (χ1) is 21.3. The number of hydrogen-bond donors (Lipinski definition) is 3. The third kappa shape index (κ3) is 14.2. The topological polar surface area (TPSA) is 134 Å². The third-order valence-corrected chi connectivity index (χ3v) is 7.50. The Morgan fingerprint density at radius 1 is 0.733 bits per heavy atom. The summed E-state index contributed by atoms with van der Waals surface area (Å²) < 4.78 is 10.9. The van der Waals surface area contributed by atoms with Gasteiger partial charge >= 0.3 is 12.1 Å². The van der Waals surface area contributed by atoms with Gasteiger partial charge in [0.05, 0.1) is 6.04 Å². The van der Waals surface area contributed by atoms with Crippen LogP contribution in [0.15, 0.2) is 48.5 Å². The number of carbonyl (C=O) groups is 3. The van der Waals surface area contributed by atoms with Gasteiger partial charge < -0.3 is 26.3 Å². The van der Waals surface area contributed by atoms with E-state index in [2.05, 4.69) is 5.32 Å². The molecule has 1 unspecified atom stereocenters. The second-order valence-corrected chi connectivity index (χ2v) is 13.8. The van der Waals surface area contributed by atoms with Crippen LogP contribution in [0.25, 0.3) is 11.1 Å². The molecule has 0 bridgehead atoms. The molecule has 0 fully saturated rings. The highest BCUT2D eigenvalue weighted by molar-refractivity contribution is 5.93. The Morgan fingerprint density at radius 3 is 1.98 bits per heavy atom. The first kappa shape index (κ1) is 38.0. The fraction of sp³-hybridized carbons (Fsp3) is 0.595. The molecule has 0 saturated carbocycles. The van der Waals surface area contributed by atoms with E-state index in [0.717, 1.165) is 60.8 Å². The minimum Gasteiger partial charge on any atom is -0.460 e. The van der Waals surface area contributed by atoms with Gasteiger partial charge in [0, 0.05) is 18.9 Å². The van der Waals surface area contributed by atoms with Crippen LogP contribution in [0.1, 0.15) is 123 Å². The summed E-state index contributed by atoms with van der Waals surface area (Å²) >= 11 is 0. The van der Waals surface area contributed by atoms with Crippen molar-refractivity contribution < 1.29 is 23.9 Å². The SMILES string of the molecule is CC(C)(C)OC(=O)CCCCCCCC(C(=O)[C@H](CCCCN)NC(=O)OC(C)(C)C)c1cccc(-c2ccccc2)c1CN. The van der Waals surface area contributed by atoms with Crippen molar-refractivity contribution >= 4 is 17.8 Å². The van der Waals surface area contributed by atoms with Crippen molar-refractivity contribution in [1.82, 2.24) is 5.32 Å². The molecule has 0 aliphatic heterocycles. The minimum absolute atomic E-state index is 0.0391. The third-order valence-electron chi connectivity index (χ3n) is 7.50. The molecular formula is C37H57N3O5. The summed E-state index contributed by atoms with van der Waals surface area (Å²) in [5.74, 6) is -0.659. The molecule has 0 aliphatic carbocycles. The van der Waals surface area contributed by atoms with Crippen LogP contribution in [0.3, 0.4) is 0 Å². The summed E-state index contributed by atoms with van der Waals surface area (Å²) in [6.07, 6.45) is 6.76. The normalized spacial score (nSPS) is 13.2. The van der Waals surface area contributed by atoms with Gasteiger partial charge in [0.15, 0.2) is 5.78 Å². The molecule has 250 valence electrons. The van der Waals surface area contributed by atoms with Gasteiger partial charge in [-0.3, -0.25) is 9.59 Å². The van der Waals surface area contributed by atoms with Crippen LogP contribution >= 0.6 is 0 Å². The number of rotatable bonds is 18. The van der Waals surface area contributed by atoms with Gasteiger partial charge in [-0.1, -0.05) is 74.2 Å². The number of ketones is 1. The fourth-order valence-electron chi connectivity index (χ4n) is 5.51. The zero-order chi connectivity index (χ0) is 33.5. The van der Waals surface area contributed by atoms with E-state index in [0.29, 0.717) is 32.2 Å². The molecule has 2 aromatic rings. The number of alkyl carbamates (subject to hydrolysis) is 1. The predicted octanol–water partition coefficient (Wildman–Crippen LogP) is 7.56. The zero-order valence-corrected chi connectivity index (χ0v) is 28.5. The van der Waals surface area contributed by atoms with Gasteiger partial charge in [-0.2, -0.15) is 0 Å². The van der Waals surface area contributed by atoms with Crippen molar-refractivity contribution in [2.75, 3.05) is 6.54 Å². The number of carbonyl (C=O) groups excluding carboxylic acids is 3. The molecule has 1 amide bonds. The molecule has 0 spiro atoms. The number of Topliss-reactive ketones (excluding diaryl/α,β-unsaturated/α-hetero) is 1. The van der Waals surface area contributed by atoms with Crippen LogP contribution in [0, 0.1) is 0 Å². The lowest BCUT2D eigenvalue weighted by Gasteiger charge is -2.28. The Labute approximate surface area is 271 Å². The van der Waals surface area contributed by atoms with Crippen molar-refractivity contribution in [1.29, 1.82) is 0 Å². The highest BCUT2D eigenvalue weighted by atomic mass is 16.6. The average molecular weight is 624 g/mol. The molecule has 0 heterocycles. The van der Waals surface area contributed by atoms with Crippen molar-refractivity contribution in [3.63, 3.8) is 0 Å². The van der Waals surface area contributed by atoms with E-state index in [4.69, 9.17) is 20.9 Å². The molecule has 2 atom stereocenters. The summed E-state index contributed by atoms with van der Waals surface area (Å²) in [4.78, 5) is 39.3. The molecule has 0 aromatic heterocycles. The van der Waals surface area contributed by atoms with E-state index in [1.807, 2.05) is 69.3 Å². The van der Waals surface area contributed by atoms with Gasteiger partial charge in [0.1, 0.15) is 11.2 Å². The molecular weight excluding hydrogens is 566 g/mol. The summed E-state index contributed by atoms with van der Waals surface area (Å²) in [7, 11) is 0. The molecule has 45 heavy (non-hydrogen) atoms. The molecule has 5 N–H and O–H groups in total. The number of hydrogen-bond acceptors (Lipinski definition) is 7. The van der Waals surface area contributed by atoms with E-state index < -0.39 is 29.3 Å². The lowest BCUT2D eigenvalue weighted by molar-refractivity contribution is -0.154. The summed E-state index contributed by atoms with van der Waals surface area (Å²) in [6, 6.07) is 15.4.